The van der Waals surface area contributed by atoms with Gasteiger partial charge >= 0.3 is 0 Å². The Morgan fingerprint density at radius 3 is 2.46 bits per heavy atom. The van der Waals surface area contributed by atoms with Crippen LogP contribution in [-0.2, 0) is 17.8 Å². The van der Waals surface area contributed by atoms with Crippen LogP contribution in [0.3, 0.4) is 0 Å². The van der Waals surface area contributed by atoms with Gasteiger partial charge in [0, 0.05) is 70.3 Å². The number of hydrogen-bond acceptors (Lipinski definition) is 6. The van der Waals surface area contributed by atoms with Gasteiger partial charge in [-0.1, -0.05) is 24.3 Å². The molecule has 1 spiro atoms. The number of nitrogens with one attached hydrogen (secondary N) is 1. The number of carbonyl (C=O) groups is 3. The smallest absolute Gasteiger partial charge is 0.256 e. The first kappa shape index (κ1) is 26.0. The van der Waals surface area contributed by atoms with Crippen molar-refractivity contribution in [3.8, 4) is 0 Å². The fourth-order valence-electron chi connectivity index (χ4n) is 6.85. The van der Waals surface area contributed by atoms with Gasteiger partial charge in [0.05, 0.1) is 17.4 Å². The highest BCUT2D eigenvalue weighted by molar-refractivity contribution is 6.03. The number of carbonyl (C=O) groups excluding carboxylic acids is 3. The van der Waals surface area contributed by atoms with Crippen molar-refractivity contribution in [2.24, 2.45) is 5.41 Å². The van der Waals surface area contributed by atoms with Gasteiger partial charge in [-0.2, -0.15) is 0 Å². The molecule has 1 aliphatic carbocycles. The van der Waals surface area contributed by atoms with Crippen molar-refractivity contribution in [1.82, 2.24) is 15.1 Å². The maximum atomic E-state index is 13.7. The van der Waals surface area contributed by atoms with Crippen molar-refractivity contribution >= 4 is 23.3 Å². The lowest BCUT2D eigenvalue weighted by Crippen LogP contribution is -2.50. The topological polar surface area (TPSA) is 93.2 Å². The number of β-amino-alcohol motifs (C(OH)–C–C–N with tert-alkyl or cyclic N) is 1. The second kappa shape index (κ2) is 10.4. The third-order valence-corrected chi connectivity index (χ3v) is 9.37. The Labute approximate surface area is 230 Å². The zero-order valence-corrected chi connectivity index (χ0v) is 22.7. The molecule has 2 aromatic rings. The molecule has 3 heterocycles. The molecule has 8 heteroatoms. The van der Waals surface area contributed by atoms with Gasteiger partial charge in [-0.05, 0) is 60.9 Å². The number of likely N-dealkylation sites (N-methyl/N-ethyl adjacent to an activating group) is 1. The minimum absolute atomic E-state index is 0.0121. The molecule has 2 aromatic carbocycles. The van der Waals surface area contributed by atoms with Crippen LogP contribution < -0.4 is 10.2 Å². The number of piperidine rings is 1. The zero-order valence-electron chi connectivity index (χ0n) is 22.7. The molecule has 0 radical (unpaired) electrons. The predicted octanol–water partition coefficient (Wildman–Crippen LogP) is 2.63. The molecule has 1 saturated heterocycles. The lowest BCUT2D eigenvalue weighted by molar-refractivity contribution is -0.135. The van der Waals surface area contributed by atoms with Crippen LogP contribution in [0.25, 0.3) is 0 Å². The summed E-state index contributed by atoms with van der Waals surface area (Å²) in [6, 6.07) is 13.6. The Morgan fingerprint density at radius 2 is 1.74 bits per heavy atom. The number of amides is 2. The van der Waals surface area contributed by atoms with Crippen molar-refractivity contribution in [3.05, 3.63) is 64.7 Å². The molecular formula is C31H38N4O4. The largest absolute Gasteiger partial charge is 0.390 e. The van der Waals surface area contributed by atoms with Gasteiger partial charge < -0.3 is 25.1 Å². The minimum Gasteiger partial charge on any atom is -0.390 e. The number of rotatable bonds is 5. The second-order valence-corrected chi connectivity index (χ2v) is 11.8. The summed E-state index contributed by atoms with van der Waals surface area (Å²) >= 11 is 0. The summed E-state index contributed by atoms with van der Waals surface area (Å²) in [5, 5.41) is 14.6. The third-order valence-electron chi connectivity index (χ3n) is 9.37. The summed E-state index contributed by atoms with van der Waals surface area (Å²) in [5.74, 6) is 0.221. The van der Waals surface area contributed by atoms with Gasteiger partial charge in [0.15, 0.2) is 0 Å². The maximum absolute atomic E-state index is 13.7. The minimum atomic E-state index is -0.687. The molecule has 3 aliphatic heterocycles. The van der Waals surface area contributed by atoms with Crippen molar-refractivity contribution in [2.45, 2.75) is 57.7 Å². The average Bonchev–Trinajstić information content (AvgIpc) is 3.07. The Bertz CT molecular complexity index is 1280. The molecule has 206 valence electrons. The lowest BCUT2D eigenvalue weighted by atomic mass is 9.62. The van der Waals surface area contributed by atoms with Crippen LogP contribution >= 0.6 is 0 Å². The predicted molar refractivity (Wildman–Crippen MR) is 149 cm³/mol. The summed E-state index contributed by atoms with van der Waals surface area (Å²) in [5.41, 5.74) is 4.58. The first-order chi connectivity index (χ1) is 18.9. The van der Waals surface area contributed by atoms with E-state index in [4.69, 9.17) is 0 Å². The molecule has 1 saturated carbocycles. The van der Waals surface area contributed by atoms with Gasteiger partial charge in [0.1, 0.15) is 5.78 Å². The van der Waals surface area contributed by atoms with Gasteiger partial charge in [-0.15, -0.1) is 0 Å². The number of fused-ring (bicyclic) bond motifs is 2. The standard InChI is InChI=1S/C31H38N4O4/c1-2-33-13-14-35(20-28(37)26-15-21-5-3-4-6-23(21)19-32-26)30(39)25-8-7-22(16-27(25)33)29(38)34-11-9-31(10-12-34)17-24(36)18-31/h3-8,16,26,28,32,37H,2,9-15,17-20H2,1H3/t26-,28+/m0/s1. The number of aliphatic hydroxyl groups is 1. The first-order valence-electron chi connectivity index (χ1n) is 14.3. The Balaban J connectivity index is 1.15. The van der Waals surface area contributed by atoms with Gasteiger partial charge in [-0.3, -0.25) is 14.4 Å². The van der Waals surface area contributed by atoms with Crippen molar-refractivity contribution in [3.63, 3.8) is 0 Å². The summed E-state index contributed by atoms with van der Waals surface area (Å²) in [6.07, 6.45) is 3.14. The molecule has 6 rings (SSSR count). The quantitative estimate of drug-likeness (QED) is 0.618. The SMILES string of the molecule is CCN1CCN(C[C@@H](O)[C@@H]2Cc3ccccc3CN2)C(=O)c2ccc(C(=O)N3CCC4(CC3)CC(=O)C4)cc21. The fourth-order valence-corrected chi connectivity index (χ4v) is 6.85. The summed E-state index contributed by atoms with van der Waals surface area (Å²) in [7, 11) is 0. The molecule has 8 nitrogen and oxygen atoms in total. The van der Waals surface area contributed by atoms with Gasteiger partial charge in [0.25, 0.3) is 11.8 Å². The van der Waals surface area contributed by atoms with E-state index in [0.717, 1.165) is 31.5 Å². The number of Topliss-reactive ketones (excluding diaryl/α,β-unsaturated/α-hetero) is 1. The highest BCUT2D eigenvalue weighted by Gasteiger charge is 2.45. The fraction of sp³-hybridized carbons (Fsp3) is 0.516. The van der Waals surface area contributed by atoms with E-state index in [2.05, 4.69) is 29.3 Å². The molecular weight excluding hydrogens is 492 g/mol. The van der Waals surface area contributed by atoms with Crippen LogP contribution in [0.1, 0.15) is 64.4 Å². The van der Waals surface area contributed by atoms with E-state index in [-0.39, 0.29) is 29.8 Å². The third kappa shape index (κ3) is 4.96. The number of likely N-dealkylation sites (tertiary alicyclic amines) is 1. The molecule has 0 aromatic heterocycles. The Hall–Kier alpha value is -3.23. The molecule has 2 N–H and O–H groups in total. The van der Waals surface area contributed by atoms with Crippen LogP contribution in [0.2, 0.25) is 0 Å². The van der Waals surface area contributed by atoms with Crippen molar-refractivity contribution in [2.75, 3.05) is 44.2 Å². The van der Waals surface area contributed by atoms with Crippen LogP contribution in [-0.4, -0.2) is 83.9 Å². The number of nitrogens with zero attached hydrogens (tertiary/aromatic N) is 3. The highest BCUT2D eigenvalue weighted by atomic mass is 16.3. The highest BCUT2D eigenvalue weighted by Crippen LogP contribution is 2.46. The van der Waals surface area contributed by atoms with E-state index >= 15 is 0 Å². The van der Waals surface area contributed by atoms with Crippen molar-refractivity contribution in [1.29, 1.82) is 0 Å². The summed E-state index contributed by atoms with van der Waals surface area (Å²) in [4.78, 5) is 44.4. The maximum Gasteiger partial charge on any atom is 0.256 e. The number of anilines is 1. The van der Waals surface area contributed by atoms with E-state index in [1.54, 1.807) is 17.0 Å². The van der Waals surface area contributed by atoms with Crippen LogP contribution in [0, 0.1) is 5.41 Å². The van der Waals surface area contributed by atoms with E-state index < -0.39 is 6.10 Å². The number of aliphatic hydroxyl groups excluding tert-OH is 1. The van der Waals surface area contributed by atoms with E-state index in [9.17, 15) is 19.5 Å². The number of benzene rings is 2. The second-order valence-electron chi connectivity index (χ2n) is 11.8. The molecule has 2 fully saturated rings. The normalized spacial score (nSPS) is 23.1. The van der Waals surface area contributed by atoms with E-state index in [1.807, 2.05) is 23.1 Å². The van der Waals surface area contributed by atoms with Crippen LogP contribution in [0.4, 0.5) is 5.69 Å². The van der Waals surface area contributed by atoms with Crippen LogP contribution in [0.15, 0.2) is 42.5 Å². The van der Waals surface area contributed by atoms with E-state index in [1.165, 1.54) is 11.1 Å². The van der Waals surface area contributed by atoms with Crippen molar-refractivity contribution < 1.29 is 19.5 Å². The van der Waals surface area contributed by atoms with Crippen LogP contribution in [0.5, 0.6) is 0 Å². The lowest BCUT2D eigenvalue weighted by Gasteiger charge is -2.46. The molecule has 2 atom stereocenters. The molecule has 39 heavy (non-hydrogen) atoms. The molecule has 0 unspecified atom stereocenters. The Kier molecular flexibility index (Phi) is 6.93. The number of hydrogen-bond donors (Lipinski definition) is 2. The molecule has 0 bridgehead atoms. The zero-order chi connectivity index (χ0) is 27.1. The molecule has 2 amide bonds. The van der Waals surface area contributed by atoms with Gasteiger partial charge in [0.2, 0.25) is 0 Å². The van der Waals surface area contributed by atoms with Gasteiger partial charge in [-0.25, -0.2) is 0 Å². The Morgan fingerprint density at radius 1 is 1.03 bits per heavy atom. The monoisotopic (exact) mass is 530 g/mol. The average molecular weight is 531 g/mol. The first-order valence-corrected chi connectivity index (χ1v) is 14.3. The molecule has 4 aliphatic rings. The number of ketones is 1. The summed E-state index contributed by atoms with van der Waals surface area (Å²) in [6.45, 7) is 6.24. The van der Waals surface area contributed by atoms with E-state index in [0.29, 0.717) is 62.5 Å². The summed E-state index contributed by atoms with van der Waals surface area (Å²) < 4.78 is 0.